The van der Waals surface area contributed by atoms with Gasteiger partial charge in [0.15, 0.2) is 9.84 Å². The molecule has 1 fully saturated rings. The Balaban J connectivity index is 2.07. The molecular formula is C17H22N2O4S2. The second kappa shape index (κ2) is 7.01. The van der Waals surface area contributed by atoms with Gasteiger partial charge in [-0.2, -0.15) is 4.31 Å². The molecule has 1 aromatic heterocycles. The van der Waals surface area contributed by atoms with Crippen LogP contribution >= 0.6 is 0 Å². The van der Waals surface area contributed by atoms with Gasteiger partial charge >= 0.3 is 0 Å². The Morgan fingerprint density at radius 1 is 1.24 bits per heavy atom. The lowest BCUT2D eigenvalue weighted by atomic mass is 10.2. The lowest BCUT2D eigenvalue weighted by molar-refractivity contribution is 0.335. The highest BCUT2D eigenvalue weighted by atomic mass is 32.2. The van der Waals surface area contributed by atoms with E-state index in [0.717, 1.165) is 11.8 Å². The van der Waals surface area contributed by atoms with Crippen molar-refractivity contribution in [3.63, 3.8) is 0 Å². The summed E-state index contributed by atoms with van der Waals surface area (Å²) in [6, 6.07) is 8.14. The van der Waals surface area contributed by atoms with Gasteiger partial charge in [-0.3, -0.25) is 4.98 Å². The Kier molecular flexibility index (Phi) is 5.13. The first kappa shape index (κ1) is 18.3. The number of hydrogen-bond donors (Lipinski definition) is 0. The molecule has 1 atom stereocenters. The van der Waals surface area contributed by atoms with E-state index in [1.165, 1.54) is 4.31 Å². The summed E-state index contributed by atoms with van der Waals surface area (Å²) in [7, 11) is -7.00. The van der Waals surface area contributed by atoms with Gasteiger partial charge in [0.25, 0.3) is 0 Å². The van der Waals surface area contributed by atoms with Crippen molar-refractivity contribution in [3.05, 3.63) is 36.5 Å². The Morgan fingerprint density at radius 2 is 2.00 bits per heavy atom. The third kappa shape index (κ3) is 3.70. The Hall–Kier alpha value is -1.51. The molecule has 0 bridgehead atoms. The smallest absolute Gasteiger partial charge is 0.245 e. The molecule has 1 aliphatic heterocycles. The number of unbranched alkanes of at least 4 members (excludes halogenated alkanes) is 1. The van der Waals surface area contributed by atoms with Crippen LogP contribution in [0.1, 0.15) is 26.2 Å². The van der Waals surface area contributed by atoms with Crippen molar-refractivity contribution in [3.8, 4) is 0 Å². The normalized spacial score (nSPS) is 20.3. The molecule has 2 aromatic rings. The van der Waals surface area contributed by atoms with E-state index in [1.54, 1.807) is 24.4 Å². The van der Waals surface area contributed by atoms with Gasteiger partial charge in [-0.05, 0) is 25.0 Å². The van der Waals surface area contributed by atoms with E-state index in [2.05, 4.69) is 4.98 Å². The summed E-state index contributed by atoms with van der Waals surface area (Å²) in [4.78, 5) is 4.39. The number of sulfone groups is 1. The zero-order valence-corrected chi connectivity index (χ0v) is 15.8. The average molecular weight is 383 g/mol. The average Bonchev–Trinajstić information content (AvgIpc) is 2.94. The van der Waals surface area contributed by atoms with E-state index >= 15 is 0 Å². The zero-order chi connectivity index (χ0) is 18.1. The first-order valence-corrected chi connectivity index (χ1v) is 11.7. The highest BCUT2D eigenvalue weighted by Gasteiger charge is 2.39. The van der Waals surface area contributed by atoms with Gasteiger partial charge < -0.3 is 0 Å². The number of benzene rings is 1. The fourth-order valence-electron chi connectivity index (χ4n) is 3.23. The summed E-state index contributed by atoms with van der Waals surface area (Å²) in [5.74, 6) is -0.0578. The van der Waals surface area contributed by atoms with Gasteiger partial charge in [-0.25, -0.2) is 16.8 Å². The fraction of sp³-hybridized carbons (Fsp3) is 0.471. The van der Waals surface area contributed by atoms with Crippen LogP contribution in [-0.2, 0) is 19.9 Å². The van der Waals surface area contributed by atoms with Crippen molar-refractivity contribution in [1.29, 1.82) is 0 Å². The van der Waals surface area contributed by atoms with Crippen molar-refractivity contribution in [1.82, 2.24) is 9.29 Å². The van der Waals surface area contributed by atoms with Crippen LogP contribution in [0.5, 0.6) is 0 Å². The maximum atomic E-state index is 13.3. The summed E-state index contributed by atoms with van der Waals surface area (Å²) in [6.07, 6.45) is 3.44. The molecule has 25 heavy (non-hydrogen) atoms. The quantitative estimate of drug-likeness (QED) is 0.765. The van der Waals surface area contributed by atoms with Crippen LogP contribution in [0.15, 0.2) is 41.4 Å². The first-order valence-electron chi connectivity index (χ1n) is 8.41. The van der Waals surface area contributed by atoms with E-state index in [9.17, 15) is 16.8 Å². The number of sulfonamides is 1. The molecule has 136 valence electrons. The van der Waals surface area contributed by atoms with Crippen molar-refractivity contribution < 1.29 is 16.8 Å². The second-order valence-corrected chi connectivity index (χ2v) is 10.4. The predicted molar refractivity (Wildman–Crippen MR) is 97.6 cm³/mol. The van der Waals surface area contributed by atoms with E-state index in [1.807, 2.05) is 19.1 Å². The maximum Gasteiger partial charge on any atom is 0.245 e. The Bertz CT molecular complexity index is 966. The highest BCUT2D eigenvalue weighted by molar-refractivity contribution is 7.92. The van der Waals surface area contributed by atoms with Crippen LogP contribution in [0.2, 0.25) is 0 Å². The molecule has 1 saturated heterocycles. The molecule has 0 radical (unpaired) electrons. The van der Waals surface area contributed by atoms with Gasteiger partial charge in [0.1, 0.15) is 4.90 Å². The van der Waals surface area contributed by atoms with E-state index in [-0.39, 0.29) is 16.4 Å². The molecule has 0 saturated carbocycles. The molecular weight excluding hydrogens is 360 g/mol. The molecule has 0 aliphatic carbocycles. The summed E-state index contributed by atoms with van der Waals surface area (Å²) in [6.45, 7) is 2.30. The highest BCUT2D eigenvalue weighted by Crippen LogP contribution is 2.29. The van der Waals surface area contributed by atoms with Crippen LogP contribution in [0.25, 0.3) is 10.9 Å². The minimum absolute atomic E-state index is 0.0452. The predicted octanol–water partition coefficient (Wildman–Crippen LogP) is 2.21. The molecule has 6 nitrogen and oxygen atoms in total. The largest absolute Gasteiger partial charge is 0.255 e. The molecule has 0 unspecified atom stereocenters. The number of pyridine rings is 1. The fourth-order valence-corrected chi connectivity index (χ4v) is 6.91. The van der Waals surface area contributed by atoms with Gasteiger partial charge in [-0.1, -0.05) is 31.5 Å². The number of nitrogens with zero attached hydrogens (tertiary/aromatic N) is 2. The lowest BCUT2D eigenvalue weighted by Crippen LogP contribution is -2.41. The number of hydrogen-bond acceptors (Lipinski definition) is 5. The molecule has 0 spiro atoms. The van der Waals surface area contributed by atoms with Crippen molar-refractivity contribution in [2.24, 2.45) is 0 Å². The topological polar surface area (TPSA) is 84.4 Å². The van der Waals surface area contributed by atoms with Crippen LogP contribution in [0.4, 0.5) is 0 Å². The van der Waals surface area contributed by atoms with Gasteiger partial charge in [0.05, 0.1) is 17.0 Å². The number of rotatable bonds is 6. The molecule has 3 rings (SSSR count). The third-order valence-electron chi connectivity index (χ3n) is 4.53. The summed E-state index contributed by atoms with van der Waals surface area (Å²) >= 11 is 0. The van der Waals surface area contributed by atoms with Gasteiger partial charge in [-0.15, -0.1) is 0 Å². The molecule has 0 amide bonds. The SMILES string of the molecule is CCCCN([C@H]1CCS(=O)(=O)C1)S(=O)(=O)c1cccc2cccnc12. The van der Waals surface area contributed by atoms with Crippen LogP contribution in [0.3, 0.4) is 0 Å². The van der Waals surface area contributed by atoms with Crippen LogP contribution < -0.4 is 0 Å². The third-order valence-corrected chi connectivity index (χ3v) is 8.26. The van der Waals surface area contributed by atoms with Crippen LogP contribution in [-0.4, -0.2) is 50.2 Å². The number of fused-ring (bicyclic) bond motifs is 1. The molecule has 1 aliphatic rings. The number of aromatic nitrogens is 1. The van der Waals surface area contributed by atoms with Gasteiger partial charge in [0.2, 0.25) is 10.0 Å². The van der Waals surface area contributed by atoms with E-state index in [4.69, 9.17) is 0 Å². The van der Waals surface area contributed by atoms with E-state index < -0.39 is 25.9 Å². The van der Waals surface area contributed by atoms with Crippen LogP contribution in [0, 0.1) is 0 Å². The molecule has 2 heterocycles. The minimum atomic E-state index is -3.83. The molecule has 0 N–H and O–H groups in total. The van der Waals surface area contributed by atoms with Crippen molar-refractivity contribution in [2.75, 3.05) is 18.1 Å². The molecule has 8 heteroatoms. The first-order chi connectivity index (χ1) is 11.8. The maximum absolute atomic E-state index is 13.3. The molecule has 1 aromatic carbocycles. The van der Waals surface area contributed by atoms with Crippen molar-refractivity contribution >= 4 is 30.8 Å². The number of para-hydroxylation sites is 1. The zero-order valence-electron chi connectivity index (χ0n) is 14.1. The Labute approximate surface area is 148 Å². The lowest BCUT2D eigenvalue weighted by Gasteiger charge is -2.27. The van der Waals surface area contributed by atoms with E-state index in [0.29, 0.717) is 24.9 Å². The Morgan fingerprint density at radius 3 is 2.68 bits per heavy atom. The summed E-state index contributed by atoms with van der Waals surface area (Å²) < 4.78 is 51.8. The monoisotopic (exact) mass is 382 g/mol. The summed E-state index contributed by atoms with van der Waals surface area (Å²) in [5.41, 5.74) is 0.423. The summed E-state index contributed by atoms with van der Waals surface area (Å²) in [5, 5.41) is 0.748. The standard InChI is InChI=1S/C17H22N2O4S2/c1-2-3-11-19(15-9-12-24(20,21)13-15)25(22,23)16-8-4-6-14-7-5-10-18-17(14)16/h4-8,10,15H,2-3,9,11-13H2,1H3/t15-/m0/s1. The van der Waals surface area contributed by atoms with Crippen molar-refractivity contribution in [2.45, 2.75) is 37.1 Å². The minimum Gasteiger partial charge on any atom is -0.255 e. The van der Waals surface area contributed by atoms with Gasteiger partial charge in [0, 0.05) is 24.2 Å². The second-order valence-electron chi connectivity index (χ2n) is 6.36.